The van der Waals surface area contributed by atoms with Gasteiger partial charge in [0.1, 0.15) is 0 Å². The molecule has 118 valence electrons. The Hall–Kier alpha value is -2.30. The molecule has 23 heavy (non-hydrogen) atoms. The van der Waals surface area contributed by atoms with Crippen LogP contribution in [-0.4, -0.2) is 4.98 Å². The number of nitrogens with zero attached hydrogens (tertiary/aromatic N) is 1. The number of halogens is 3. The lowest BCUT2D eigenvalue weighted by Crippen LogP contribution is -2.29. The topological polar surface area (TPSA) is 24.9 Å². The van der Waals surface area contributed by atoms with Gasteiger partial charge < -0.3 is 5.32 Å². The van der Waals surface area contributed by atoms with Crippen LogP contribution in [0.5, 0.6) is 0 Å². The smallest absolute Gasteiger partial charge is 0.378 e. The Bertz CT molecular complexity index is 753. The first-order valence-electron chi connectivity index (χ1n) is 7.58. The summed E-state index contributed by atoms with van der Waals surface area (Å²) in [7, 11) is 0. The summed E-state index contributed by atoms with van der Waals surface area (Å²) in [6.45, 7) is 0. The third-order valence-electron chi connectivity index (χ3n) is 4.76. The minimum Gasteiger partial charge on any atom is -0.378 e. The number of rotatable bonds is 1. The van der Waals surface area contributed by atoms with Gasteiger partial charge in [-0.3, -0.25) is 4.98 Å². The second-order valence-electron chi connectivity index (χ2n) is 6.06. The Morgan fingerprint density at radius 1 is 1.09 bits per heavy atom. The van der Waals surface area contributed by atoms with Gasteiger partial charge in [-0.1, -0.05) is 12.2 Å². The number of alkyl halides is 3. The van der Waals surface area contributed by atoms with Crippen LogP contribution < -0.4 is 5.32 Å². The molecule has 2 aliphatic rings. The van der Waals surface area contributed by atoms with Crippen molar-refractivity contribution < 1.29 is 13.2 Å². The van der Waals surface area contributed by atoms with E-state index >= 15 is 0 Å². The van der Waals surface area contributed by atoms with E-state index in [2.05, 4.69) is 16.4 Å². The van der Waals surface area contributed by atoms with Crippen molar-refractivity contribution in [1.82, 2.24) is 4.98 Å². The van der Waals surface area contributed by atoms with Gasteiger partial charge in [0.05, 0.1) is 11.6 Å². The van der Waals surface area contributed by atoms with Gasteiger partial charge in [0, 0.05) is 24.0 Å². The predicted molar refractivity (Wildman–Crippen MR) is 82.0 cm³/mol. The predicted octanol–water partition coefficient (Wildman–Crippen LogP) is 4.93. The van der Waals surface area contributed by atoms with Gasteiger partial charge in [0.15, 0.2) is 0 Å². The fraction of sp³-hybridized carbons (Fsp3) is 0.278. The number of fused-ring (bicyclic) bond motifs is 3. The second-order valence-corrected chi connectivity index (χ2v) is 6.06. The van der Waals surface area contributed by atoms with Crippen molar-refractivity contribution in [3.8, 4) is 0 Å². The Kier molecular flexibility index (Phi) is 3.18. The van der Waals surface area contributed by atoms with E-state index in [1.165, 1.54) is 6.07 Å². The molecule has 0 saturated carbocycles. The fourth-order valence-corrected chi connectivity index (χ4v) is 3.67. The summed E-state index contributed by atoms with van der Waals surface area (Å²) >= 11 is 0. The van der Waals surface area contributed by atoms with E-state index in [1.807, 2.05) is 18.2 Å². The van der Waals surface area contributed by atoms with Gasteiger partial charge in [0.25, 0.3) is 0 Å². The van der Waals surface area contributed by atoms with Crippen LogP contribution in [0.2, 0.25) is 0 Å². The van der Waals surface area contributed by atoms with Crippen LogP contribution in [0, 0.1) is 5.92 Å². The first-order valence-corrected chi connectivity index (χ1v) is 7.58. The Morgan fingerprint density at radius 2 is 1.87 bits per heavy atom. The van der Waals surface area contributed by atoms with Gasteiger partial charge in [0.2, 0.25) is 0 Å². The van der Waals surface area contributed by atoms with Crippen LogP contribution in [0.1, 0.15) is 35.1 Å². The van der Waals surface area contributed by atoms with Crippen LogP contribution in [0.15, 0.2) is 54.9 Å². The molecule has 0 fully saturated rings. The summed E-state index contributed by atoms with van der Waals surface area (Å²) < 4.78 is 39.0. The van der Waals surface area contributed by atoms with Crippen molar-refractivity contribution >= 4 is 5.69 Å². The van der Waals surface area contributed by atoms with Crippen molar-refractivity contribution in [3.05, 3.63) is 71.6 Å². The molecule has 1 aromatic heterocycles. The maximum absolute atomic E-state index is 13.0. The Balaban J connectivity index is 1.78. The summed E-state index contributed by atoms with van der Waals surface area (Å²) in [4.78, 5) is 4.04. The van der Waals surface area contributed by atoms with Crippen molar-refractivity contribution in [2.75, 3.05) is 5.32 Å². The lowest BCUT2D eigenvalue weighted by Gasteiger charge is -2.37. The minimum absolute atomic E-state index is 0.0201. The molecule has 5 heteroatoms. The monoisotopic (exact) mass is 316 g/mol. The van der Waals surface area contributed by atoms with Gasteiger partial charge >= 0.3 is 6.18 Å². The molecule has 0 amide bonds. The first kappa shape index (κ1) is 14.3. The lowest BCUT2D eigenvalue weighted by molar-refractivity contribution is -0.137. The highest BCUT2D eigenvalue weighted by atomic mass is 19.4. The molecule has 2 aromatic rings. The van der Waals surface area contributed by atoms with Gasteiger partial charge in [-0.25, -0.2) is 0 Å². The zero-order valence-corrected chi connectivity index (χ0v) is 12.2. The SMILES string of the molecule is FC(F)(F)c1ccc2c(c1)[C@@H]1C=CC[C@H]1[C@H](c1ccncc1)N2. The molecule has 0 spiro atoms. The summed E-state index contributed by atoms with van der Waals surface area (Å²) in [5.74, 6) is 0.250. The summed E-state index contributed by atoms with van der Waals surface area (Å²) in [5, 5.41) is 3.43. The molecule has 3 atom stereocenters. The number of nitrogens with one attached hydrogen (secondary N) is 1. The quantitative estimate of drug-likeness (QED) is 0.755. The molecule has 0 unspecified atom stereocenters. The number of anilines is 1. The van der Waals surface area contributed by atoms with E-state index in [0.717, 1.165) is 29.3 Å². The molecule has 1 aliphatic heterocycles. The van der Waals surface area contributed by atoms with Gasteiger partial charge in [-0.15, -0.1) is 0 Å². The zero-order valence-electron chi connectivity index (χ0n) is 12.2. The summed E-state index contributed by atoms with van der Waals surface area (Å²) in [6, 6.07) is 7.99. The highest BCUT2D eigenvalue weighted by molar-refractivity contribution is 5.61. The van der Waals surface area contributed by atoms with E-state index in [9.17, 15) is 13.2 Å². The second kappa shape index (κ2) is 5.11. The molecule has 1 aromatic carbocycles. The Labute approximate surface area is 132 Å². The number of hydrogen-bond acceptors (Lipinski definition) is 2. The van der Waals surface area contributed by atoms with Crippen LogP contribution >= 0.6 is 0 Å². The number of allylic oxidation sites excluding steroid dienone is 2. The normalized spacial score (nSPS) is 25.6. The molecule has 4 rings (SSSR count). The molecule has 2 heterocycles. The lowest BCUT2D eigenvalue weighted by atomic mass is 9.77. The molecule has 1 N–H and O–H groups in total. The number of benzene rings is 1. The maximum Gasteiger partial charge on any atom is 0.416 e. The molecule has 1 aliphatic carbocycles. The van der Waals surface area contributed by atoms with E-state index in [1.54, 1.807) is 18.5 Å². The molecular formula is C18H15F3N2. The van der Waals surface area contributed by atoms with Crippen LogP contribution in [0.25, 0.3) is 0 Å². The van der Waals surface area contributed by atoms with Crippen molar-refractivity contribution in [2.45, 2.75) is 24.6 Å². The minimum atomic E-state index is -4.31. The van der Waals surface area contributed by atoms with E-state index in [0.29, 0.717) is 0 Å². The summed E-state index contributed by atoms with van der Waals surface area (Å²) in [5.41, 5.74) is 2.06. The molecular weight excluding hydrogens is 301 g/mol. The number of aromatic nitrogens is 1. The number of pyridine rings is 1. The third-order valence-corrected chi connectivity index (χ3v) is 4.76. The Morgan fingerprint density at radius 3 is 2.61 bits per heavy atom. The molecule has 0 saturated heterocycles. The summed E-state index contributed by atoms with van der Waals surface area (Å²) in [6.07, 6.45) is 4.15. The molecule has 0 bridgehead atoms. The van der Waals surface area contributed by atoms with Crippen molar-refractivity contribution in [3.63, 3.8) is 0 Å². The van der Waals surface area contributed by atoms with Crippen LogP contribution in [0.4, 0.5) is 18.9 Å². The largest absolute Gasteiger partial charge is 0.416 e. The highest BCUT2D eigenvalue weighted by Crippen LogP contribution is 2.50. The van der Waals surface area contributed by atoms with E-state index < -0.39 is 11.7 Å². The number of hydrogen-bond donors (Lipinski definition) is 1. The van der Waals surface area contributed by atoms with Crippen LogP contribution in [0.3, 0.4) is 0 Å². The molecule has 2 nitrogen and oxygen atoms in total. The zero-order chi connectivity index (χ0) is 16.0. The average molecular weight is 316 g/mol. The van der Waals surface area contributed by atoms with Crippen LogP contribution in [-0.2, 0) is 6.18 Å². The van der Waals surface area contributed by atoms with Crippen molar-refractivity contribution in [2.24, 2.45) is 5.92 Å². The highest BCUT2D eigenvalue weighted by Gasteiger charge is 2.39. The molecule has 0 radical (unpaired) electrons. The van der Waals surface area contributed by atoms with E-state index in [4.69, 9.17) is 0 Å². The average Bonchev–Trinajstić information content (AvgIpc) is 3.03. The van der Waals surface area contributed by atoms with Gasteiger partial charge in [-0.2, -0.15) is 13.2 Å². The first-order chi connectivity index (χ1) is 11.0. The van der Waals surface area contributed by atoms with Crippen molar-refractivity contribution in [1.29, 1.82) is 0 Å². The third kappa shape index (κ3) is 2.40. The van der Waals surface area contributed by atoms with E-state index in [-0.39, 0.29) is 17.9 Å². The van der Waals surface area contributed by atoms with Gasteiger partial charge in [-0.05, 0) is 53.8 Å². The maximum atomic E-state index is 13.0. The standard InChI is InChI=1S/C18H15F3N2/c19-18(20,21)12-4-5-16-15(10-12)13-2-1-3-14(13)17(23-16)11-6-8-22-9-7-11/h1-2,4-10,13-14,17,23H,3H2/t13-,14-,17+/m1/s1. The fourth-order valence-electron chi connectivity index (χ4n) is 3.67.